The molecule has 0 amide bonds. The second-order valence-electron chi connectivity index (χ2n) is 4.35. The van der Waals surface area contributed by atoms with E-state index in [2.05, 4.69) is 27.1 Å². The van der Waals surface area contributed by atoms with Crippen LogP contribution < -0.4 is 10.2 Å². The second-order valence-corrected chi connectivity index (χ2v) is 5.52. The number of methoxy groups -OCH3 is 1. The third-order valence-corrected chi connectivity index (χ3v) is 4.05. The lowest BCUT2D eigenvalue weighted by atomic mass is 10.2. The number of benzene rings is 1. The van der Waals surface area contributed by atoms with Crippen LogP contribution in [0.15, 0.2) is 41.1 Å². The number of rotatable bonds is 5. The number of thiophene rings is 1. The molecule has 0 radical (unpaired) electrons. The molecular weight excluding hydrogens is 304 g/mol. The van der Waals surface area contributed by atoms with Gasteiger partial charge in [-0.2, -0.15) is 16.4 Å². The van der Waals surface area contributed by atoms with Crippen LogP contribution in [0, 0.1) is 4.77 Å². The van der Waals surface area contributed by atoms with Crippen LogP contribution in [0.1, 0.15) is 5.56 Å². The summed E-state index contributed by atoms with van der Waals surface area (Å²) in [6.07, 6.45) is 0. The van der Waals surface area contributed by atoms with E-state index >= 15 is 0 Å². The lowest BCUT2D eigenvalue weighted by Crippen LogP contribution is -2.15. The zero-order chi connectivity index (χ0) is 14.7. The monoisotopic (exact) mass is 318 g/mol. The highest BCUT2D eigenvalue weighted by molar-refractivity contribution is 7.71. The number of nitrogens with one attached hydrogen (secondary N) is 2. The molecule has 0 aliphatic heterocycles. The van der Waals surface area contributed by atoms with Crippen molar-refractivity contribution in [1.29, 1.82) is 0 Å². The Kier molecular flexibility index (Phi) is 4.03. The Morgan fingerprint density at radius 1 is 1.38 bits per heavy atom. The van der Waals surface area contributed by atoms with E-state index in [1.54, 1.807) is 23.1 Å². The summed E-state index contributed by atoms with van der Waals surface area (Å²) < 4.78 is 7.68. The van der Waals surface area contributed by atoms with E-state index in [9.17, 15) is 0 Å². The van der Waals surface area contributed by atoms with Crippen LogP contribution in [-0.4, -0.2) is 22.0 Å². The summed E-state index contributed by atoms with van der Waals surface area (Å²) >= 11 is 6.96. The summed E-state index contributed by atoms with van der Waals surface area (Å²) in [4.78, 5) is 0. The van der Waals surface area contributed by atoms with Crippen LogP contribution in [0.3, 0.4) is 0 Å². The minimum Gasteiger partial charge on any atom is -0.496 e. The van der Waals surface area contributed by atoms with Gasteiger partial charge in [0.25, 0.3) is 0 Å². The van der Waals surface area contributed by atoms with E-state index in [1.165, 1.54) is 5.56 Å². The van der Waals surface area contributed by atoms with Crippen LogP contribution >= 0.6 is 23.6 Å². The van der Waals surface area contributed by atoms with Gasteiger partial charge in [0.1, 0.15) is 5.75 Å². The van der Waals surface area contributed by atoms with Gasteiger partial charge in [0.15, 0.2) is 5.82 Å². The fraction of sp³-hybridized carbons (Fsp3) is 0.143. The SMILES string of the molecule is COc1ccccc1-c1n[nH]c(=S)n1NCc1ccsc1. The van der Waals surface area contributed by atoms with Crippen molar-refractivity contribution in [2.24, 2.45) is 0 Å². The Hall–Kier alpha value is -2.12. The molecule has 0 aliphatic carbocycles. The van der Waals surface area contributed by atoms with Gasteiger partial charge in [-0.25, -0.2) is 9.77 Å². The summed E-state index contributed by atoms with van der Waals surface area (Å²) in [5, 5.41) is 11.3. The second kappa shape index (κ2) is 6.11. The number of hydrogen-bond acceptors (Lipinski definition) is 5. The summed E-state index contributed by atoms with van der Waals surface area (Å²) in [5.74, 6) is 1.46. The zero-order valence-corrected chi connectivity index (χ0v) is 13.0. The Morgan fingerprint density at radius 2 is 2.24 bits per heavy atom. The van der Waals surface area contributed by atoms with Gasteiger partial charge in [0.05, 0.1) is 19.2 Å². The highest BCUT2D eigenvalue weighted by atomic mass is 32.1. The molecule has 21 heavy (non-hydrogen) atoms. The minimum atomic E-state index is 0.520. The summed E-state index contributed by atoms with van der Waals surface area (Å²) in [6.45, 7) is 0.680. The van der Waals surface area contributed by atoms with Crippen LogP contribution in [0.5, 0.6) is 5.75 Å². The molecule has 2 aromatic heterocycles. The Labute approximate surface area is 131 Å². The van der Waals surface area contributed by atoms with Crippen molar-refractivity contribution in [3.63, 3.8) is 0 Å². The average molecular weight is 318 g/mol. The maximum atomic E-state index is 5.39. The van der Waals surface area contributed by atoms with E-state index < -0.39 is 0 Å². The molecule has 2 heterocycles. The number of hydrogen-bond donors (Lipinski definition) is 2. The van der Waals surface area contributed by atoms with Crippen molar-refractivity contribution in [1.82, 2.24) is 14.9 Å². The smallest absolute Gasteiger partial charge is 0.214 e. The first-order valence-electron chi connectivity index (χ1n) is 6.35. The van der Waals surface area contributed by atoms with Gasteiger partial charge in [0.2, 0.25) is 4.77 Å². The lowest BCUT2D eigenvalue weighted by molar-refractivity contribution is 0.416. The average Bonchev–Trinajstić information content (AvgIpc) is 3.15. The Morgan fingerprint density at radius 3 is 3.00 bits per heavy atom. The molecule has 0 aliphatic rings. The van der Waals surface area contributed by atoms with Crippen molar-refractivity contribution in [2.45, 2.75) is 6.54 Å². The van der Waals surface area contributed by atoms with Crippen molar-refractivity contribution in [2.75, 3.05) is 12.5 Å². The predicted molar refractivity (Wildman–Crippen MR) is 86.8 cm³/mol. The number of aromatic nitrogens is 3. The number of H-pyrrole nitrogens is 1. The van der Waals surface area contributed by atoms with Gasteiger partial charge in [-0.1, -0.05) is 12.1 Å². The topological polar surface area (TPSA) is 54.9 Å². The highest BCUT2D eigenvalue weighted by Gasteiger charge is 2.13. The molecule has 0 saturated heterocycles. The molecule has 3 rings (SSSR count). The first-order chi connectivity index (χ1) is 10.3. The van der Waals surface area contributed by atoms with Gasteiger partial charge >= 0.3 is 0 Å². The maximum Gasteiger partial charge on any atom is 0.214 e. The van der Waals surface area contributed by atoms with Gasteiger partial charge < -0.3 is 10.2 Å². The maximum absolute atomic E-state index is 5.39. The molecule has 0 bridgehead atoms. The van der Waals surface area contributed by atoms with Crippen LogP contribution in [0.4, 0.5) is 0 Å². The largest absolute Gasteiger partial charge is 0.496 e. The van der Waals surface area contributed by atoms with E-state index in [0.29, 0.717) is 17.1 Å². The normalized spacial score (nSPS) is 10.5. The zero-order valence-electron chi connectivity index (χ0n) is 11.4. The van der Waals surface area contributed by atoms with Crippen LogP contribution in [0.25, 0.3) is 11.4 Å². The highest BCUT2D eigenvalue weighted by Crippen LogP contribution is 2.27. The van der Waals surface area contributed by atoms with E-state index in [1.807, 2.05) is 29.6 Å². The van der Waals surface area contributed by atoms with Gasteiger partial charge in [-0.05, 0) is 46.7 Å². The van der Waals surface area contributed by atoms with Gasteiger partial charge in [0, 0.05) is 0 Å². The Bertz CT molecular complexity index is 776. The van der Waals surface area contributed by atoms with Gasteiger partial charge in [-0.3, -0.25) is 0 Å². The number of para-hydroxylation sites is 1. The molecule has 0 unspecified atom stereocenters. The van der Waals surface area contributed by atoms with E-state index in [0.717, 1.165) is 11.3 Å². The molecule has 2 N–H and O–H groups in total. The molecule has 0 fully saturated rings. The van der Waals surface area contributed by atoms with Crippen molar-refractivity contribution in [3.8, 4) is 17.1 Å². The summed E-state index contributed by atoms with van der Waals surface area (Å²) in [5.41, 5.74) is 5.37. The summed E-state index contributed by atoms with van der Waals surface area (Å²) in [6, 6.07) is 9.79. The van der Waals surface area contributed by atoms with Crippen LogP contribution in [-0.2, 0) is 6.54 Å². The molecule has 0 spiro atoms. The van der Waals surface area contributed by atoms with Crippen molar-refractivity contribution < 1.29 is 4.74 Å². The van der Waals surface area contributed by atoms with E-state index in [4.69, 9.17) is 17.0 Å². The quantitative estimate of drug-likeness (QED) is 0.708. The molecular formula is C14H14N4OS2. The standard InChI is InChI=1S/C14H14N4OS2/c1-19-12-5-3-2-4-11(12)13-16-17-14(20)18(13)15-8-10-6-7-21-9-10/h2-7,9,15H,8H2,1H3,(H,17,20). The number of aromatic amines is 1. The fourth-order valence-corrected chi connectivity index (χ4v) is 2.88. The fourth-order valence-electron chi connectivity index (χ4n) is 2.02. The molecule has 5 nitrogen and oxygen atoms in total. The van der Waals surface area contributed by atoms with Crippen molar-refractivity contribution in [3.05, 3.63) is 51.4 Å². The van der Waals surface area contributed by atoms with Gasteiger partial charge in [-0.15, -0.1) is 0 Å². The Balaban J connectivity index is 1.95. The molecule has 0 atom stereocenters. The predicted octanol–water partition coefficient (Wildman–Crippen LogP) is 3.42. The minimum absolute atomic E-state index is 0.520. The van der Waals surface area contributed by atoms with E-state index in [-0.39, 0.29) is 0 Å². The molecule has 108 valence electrons. The molecule has 3 aromatic rings. The van der Waals surface area contributed by atoms with Crippen LogP contribution in [0.2, 0.25) is 0 Å². The first-order valence-corrected chi connectivity index (χ1v) is 7.70. The molecule has 1 aromatic carbocycles. The third-order valence-electron chi connectivity index (χ3n) is 3.04. The lowest BCUT2D eigenvalue weighted by Gasteiger charge is -2.11. The summed E-state index contributed by atoms with van der Waals surface area (Å²) in [7, 11) is 1.64. The molecule has 0 saturated carbocycles. The third kappa shape index (κ3) is 2.84. The molecule has 7 heteroatoms. The van der Waals surface area contributed by atoms with Crippen molar-refractivity contribution >= 4 is 23.6 Å². The number of nitrogens with zero attached hydrogens (tertiary/aromatic N) is 2. The first kappa shape index (κ1) is 13.8. The number of ether oxygens (including phenoxy) is 1.